The largest absolute Gasteiger partial charge is 0.390 e. The van der Waals surface area contributed by atoms with E-state index in [0.717, 1.165) is 0 Å². The van der Waals surface area contributed by atoms with E-state index in [9.17, 15) is 17.6 Å². The molecule has 1 nitrogen and oxygen atoms in total. The lowest BCUT2D eigenvalue weighted by atomic mass is 10.2. The molecule has 0 heterocycles. The smallest absolute Gasteiger partial charge is 0.310 e. The summed E-state index contributed by atoms with van der Waals surface area (Å²) in [6, 6.07) is 3.65. The molecule has 1 aromatic carbocycles. The summed E-state index contributed by atoms with van der Waals surface area (Å²) in [4.78, 5) is 0. The molecule has 1 aromatic rings. The van der Waals surface area contributed by atoms with Crippen LogP contribution in [0.2, 0.25) is 5.02 Å². The Morgan fingerprint density at radius 3 is 2.59 bits per heavy atom. The summed E-state index contributed by atoms with van der Waals surface area (Å²) in [5, 5.41) is 2.57. The molecule has 6 heteroatoms. The molecular weight excluding hydrogens is 258 g/mol. The molecule has 0 aromatic heterocycles. The molecule has 96 valence electrons. The molecule has 1 unspecified atom stereocenters. The zero-order chi connectivity index (χ0) is 13.1. The van der Waals surface area contributed by atoms with Gasteiger partial charge >= 0.3 is 6.18 Å². The summed E-state index contributed by atoms with van der Waals surface area (Å²) in [5.74, 6) is -0.596. The fourth-order valence-corrected chi connectivity index (χ4v) is 1.58. The number of hydrogen-bond acceptors (Lipinski definition) is 1. The first-order chi connectivity index (χ1) is 7.79. The van der Waals surface area contributed by atoms with Crippen LogP contribution in [0.1, 0.15) is 18.9 Å². The maximum atomic E-state index is 13.4. The van der Waals surface area contributed by atoms with Crippen LogP contribution in [0.25, 0.3) is 0 Å². The Kier molecular flexibility index (Phi) is 4.77. The molecular formula is C11H12ClF4N. The fourth-order valence-electron chi connectivity index (χ4n) is 1.39. The summed E-state index contributed by atoms with van der Waals surface area (Å²) in [6.07, 6.45) is -5.17. The van der Waals surface area contributed by atoms with E-state index in [0.29, 0.717) is 0 Å². The van der Waals surface area contributed by atoms with Crippen molar-refractivity contribution < 1.29 is 17.6 Å². The highest BCUT2D eigenvalue weighted by molar-refractivity contribution is 6.30. The molecule has 1 rings (SSSR count). The lowest BCUT2D eigenvalue weighted by Crippen LogP contribution is -2.30. The molecule has 0 spiro atoms. The van der Waals surface area contributed by atoms with Crippen LogP contribution >= 0.6 is 11.6 Å². The predicted molar refractivity (Wildman–Crippen MR) is 58.4 cm³/mol. The van der Waals surface area contributed by atoms with Gasteiger partial charge in [0.05, 0.1) is 11.4 Å². The number of alkyl halides is 3. The monoisotopic (exact) mass is 269 g/mol. The van der Waals surface area contributed by atoms with E-state index in [-0.39, 0.29) is 17.1 Å². The van der Waals surface area contributed by atoms with Gasteiger partial charge in [-0.3, -0.25) is 0 Å². The quantitative estimate of drug-likeness (QED) is 0.817. The minimum absolute atomic E-state index is 0.0175. The summed E-state index contributed by atoms with van der Waals surface area (Å²) in [6.45, 7) is 1.42. The molecule has 0 aliphatic heterocycles. The summed E-state index contributed by atoms with van der Waals surface area (Å²) >= 11 is 5.55. The van der Waals surface area contributed by atoms with Gasteiger partial charge in [0.2, 0.25) is 0 Å². The predicted octanol–water partition coefficient (Wildman–Crippen LogP) is 3.91. The number of hydrogen-bond donors (Lipinski definition) is 1. The first kappa shape index (κ1) is 14.3. The third-order valence-electron chi connectivity index (χ3n) is 2.21. The second kappa shape index (κ2) is 5.69. The molecule has 0 amide bonds. The number of halogens is 5. The number of benzene rings is 1. The Morgan fingerprint density at radius 1 is 1.35 bits per heavy atom. The molecule has 0 fully saturated rings. The van der Waals surface area contributed by atoms with Gasteiger partial charge in [-0.05, 0) is 13.0 Å². The van der Waals surface area contributed by atoms with Gasteiger partial charge in [0.15, 0.2) is 0 Å². The van der Waals surface area contributed by atoms with E-state index in [4.69, 9.17) is 11.6 Å². The Labute approximate surface area is 102 Å². The minimum Gasteiger partial charge on any atom is -0.310 e. The first-order valence-corrected chi connectivity index (χ1v) is 5.40. The highest BCUT2D eigenvalue weighted by Crippen LogP contribution is 2.22. The van der Waals surface area contributed by atoms with Gasteiger partial charge in [-0.15, -0.1) is 0 Å². The van der Waals surface area contributed by atoms with E-state index >= 15 is 0 Å². The van der Waals surface area contributed by atoms with Crippen LogP contribution in [0.15, 0.2) is 18.2 Å². The summed E-state index contributed by atoms with van der Waals surface area (Å²) in [5.41, 5.74) is 0.256. The molecule has 17 heavy (non-hydrogen) atoms. The maximum Gasteiger partial charge on any atom is 0.390 e. The zero-order valence-electron chi connectivity index (χ0n) is 9.11. The second-order valence-corrected chi connectivity index (χ2v) is 4.22. The van der Waals surface area contributed by atoms with E-state index < -0.39 is 24.5 Å². The fraction of sp³-hybridized carbons (Fsp3) is 0.455. The van der Waals surface area contributed by atoms with Crippen molar-refractivity contribution in [2.24, 2.45) is 0 Å². The third-order valence-corrected chi connectivity index (χ3v) is 2.50. The van der Waals surface area contributed by atoms with Crippen molar-refractivity contribution in [3.05, 3.63) is 34.6 Å². The first-order valence-electron chi connectivity index (χ1n) is 5.02. The van der Waals surface area contributed by atoms with Crippen molar-refractivity contribution in [1.29, 1.82) is 0 Å². The minimum atomic E-state index is -4.22. The van der Waals surface area contributed by atoms with Crippen molar-refractivity contribution in [2.75, 3.05) is 0 Å². The Morgan fingerprint density at radius 2 is 2.00 bits per heavy atom. The number of rotatable bonds is 4. The summed E-state index contributed by atoms with van der Waals surface area (Å²) in [7, 11) is 0. The lowest BCUT2D eigenvalue weighted by molar-refractivity contribution is -0.139. The van der Waals surface area contributed by atoms with Crippen molar-refractivity contribution in [3.8, 4) is 0 Å². The molecule has 0 radical (unpaired) electrons. The van der Waals surface area contributed by atoms with Crippen molar-refractivity contribution >= 4 is 11.6 Å². The van der Waals surface area contributed by atoms with E-state index in [2.05, 4.69) is 5.32 Å². The van der Waals surface area contributed by atoms with Crippen LogP contribution in [0.4, 0.5) is 17.6 Å². The van der Waals surface area contributed by atoms with Gasteiger partial charge in [0.1, 0.15) is 5.82 Å². The third kappa shape index (κ3) is 4.91. The van der Waals surface area contributed by atoms with Crippen LogP contribution in [0.3, 0.4) is 0 Å². The average Bonchev–Trinajstić information content (AvgIpc) is 2.18. The van der Waals surface area contributed by atoms with E-state index in [1.165, 1.54) is 19.1 Å². The van der Waals surface area contributed by atoms with Gasteiger partial charge in [0.25, 0.3) is 0 Å². The Balaban J connectivity index is 2.53. The highest BCUT2D eigenvalue weighted by atomic mass is 35.5. The molecule has 1 atom stereocenters. The van der Waals surface area contributed by atoms with Crippen LogP contribution < -0.4 is 5.32 Å². The number of nitrogens with one attached hydrogen (secondary N) is 1. The van der Waals surface area contributed by atoms with Gasteiger partial charge in [0, 0.05) is 18.2 Å². The van der Waals surface area contributed by atoms with Crippen molar-refractivity contribution in [3.63, 3.8) is 0 Å². The molecule has 0 bridgehead atoms. The van der Waals surface area contributed by atoms with Crippen LogP contribution in [-0.4, -0.2) is 12.2 Å². The Hall–Kier alpha value is -0.810. The SMILES string of the molecule is CC(CC(F)(F)F)NCc1cccc(Cl)c1F. The second-order valence-electron chi connectivity index (χ2n) is 3.81. The normalized spacial score (nSPS) is 13.8. The van der Waals surface area contributed by atoms with Gasteiger partial charge in [-0.1, -0.05) is 23.7 Å². The molecule has 0 saturated heterocycles. The maximum absolute atomic E-state index is 13.4. The Bertz CT molecular complexity index is 378. The van der Waals surface area contributed by atoms with Gasteiger partial charge in [-0.2, -0.15) is 13.2 Å². The molecule has 0 saturated carbocycles. The average molecular weight is 270 g/mol. The van der Waals surface area contributed by atoms with Crippen molar-refractivity contribution in [1.82, 2.24) is 5.32 Å². The molecule has 0 aliphatic rings. The zero-order valence-corrected chi connectivity index (χ0v) is 9.87. The van der Waals surface area contributed by atoms with E-state index in [1.54, 1.807) is 6.07 Å². The van der Waals surface area contributed by atoms with Crippen molar-refractivity contribution in [2.45, 2.75) is 32.1 Å². The van der Waals surface area contributed by atoms with Gasteiger partial charge in [-0.25, -0.2) is 4.39 Å². The van der Waals surface area contributed by atoms with E-state index in [1.807, 2.05) is 0 Å². The lowest BCUT2D eigenvalue weighted by Gasteiger charge is -2.16. The molecule has 0 aliphatic carbocycles. The summed E-state index contributed by atoms with van der Waals surface area (Å²) < 4.78 is 49.5. The topological polar surface area (TPSA) is 12.0 Å². The van der Waals surface area contributed by atoms with Crippen LogP contribution in [-0.2, 0) is 6.54 Å². The molecule has 1 N–H and O–H groups in total. The highest BCUT2D eigenvalue weighted by Gasteiger charge is 2.29. The van der Waals surface area contributed by atoms with Crippen LogP contribution in [0, 0.1) is 5.82 Å². The van der Waals surface area contributed by atoms with Crippen LogP contribution in [0.5, 0.6) is 0 Å². The standard InChI is InChI=1S/C11H12ClF4N/c1-7(5-11(14,15)16)17-6-8-3-2-4-9(12)10(8)13/h2-4,7,17H,5-6H2,1H3. The van der Waals surface area contributed by atoms with Gasteiger partial charge < -0.3 is 5.32 Å².